The standard InChI is InChI=1S/C26H29FN6O4/c1-3-24(34)30-20-5-4-6-21(17-20)31-25-23(27)18-29-26(33-25)32-19-7-9-22(10-8-19)37-16-15-36-14-13-35-12-11-28-2/h3-10,17-18H,1-2,11-16H2,(H,30,34)(H2,29,31,32,33). The van der Waals surface area contributed by atoms with E-state index in [1.54, 1.807) is 48.5 Å². The number of nitrogens with zero attached hydrogens (tertiary/aromatic N) is 3. The topological polar surface area (TPSA) is 119 Å². The average molecular weight is 509 g/mol. The second kappa shape index (κ2) is 14.9. The van der Waals surface area contributed by atoms with Crippen LogP contribution in [0.1, 0.15) is 0 Å². The number of rotatable bonds is 16. The van der Waals surface area contributed by atoms with Crippen molar-refractivity contribution in [3.8, 4) is 5.75 Å². The lowest BCUT2D eigenvalue weighted by Crippen LogP contribution is -2.11. The highest BCUT2D eigenvalue weighted by molar-refractivity contribution is 5.99. The molecule has 1 heterocycles. The van der Waals surface area contributed by atoms with Gasteiger partial charge < -0.3 is 30.2 Å². The first kappa shape index (κ1) is 27.2. The zero-order valence-electron chi connectivity index (χ0n) is 20.3. The summed E-state index contributed by atoms with van der Waals surface area (Å²) >= 11 is 0. The number of halogens is 1. The van der Waals surface area contributed by atoms with Gasteiger partial charge in [0.15, 0.2) is 11.6 Å². The van der Waals surface area contributed by atoms with Crippen LogP contribution < -0.4 is 20.7 Å². The van der Waals surface area contributed by atoms with E-state index in [4.69, 9.17) is 14.2 Å². The summed E-state index contributed by atoms with van der Waals surface area (Å²) in [7, 11) is 0. The van der Waals surface area contributed by atoms with Crippen molar-refractivity contribution in [3.05, 3.63) is 73.2 Å². The Morgan fingerprint density at radius 3 is 2.46 bits per heavy atom. The fourth-order valence-electron chi connectivity index (χ4n) is 2.95. The number of aromatic nitrogens is 2. The van der Waals surface area contributed by atoms with E-state index in [-0.39, 0.29) is 17.7 Å². The van der Waals surface area contributed by atoms with Crippen molar-refractivity contribution in [2.24, 2.45) is 4.99 Å². The third-order valence-electron chi connectivity index (χ3n) is 4.69. The van der Waals surface area contributed by atoms with Crippen LogP contribution >= 0.6 is 0 Å². The highest BCUT2D eigenvalue weighted by Gasteiger charge is 2.09. The molecule has 0 fully saturated rings. The number of carbonyl (C=O) groups is 1. The Balaban J connectivity index is 1.48. The van der Waals surface area contributed by atoms with E-state index in [2.05, 4.69) is 44.2 Å². The van der Waals surface area contributed by atoms with Gasteiger partial charge in [0.1, 0.15) is 12.4 Å². The molecule has 3 aromatic rings. The summed E-state index contributed by atoms with van der Waals surface area (Å²) < 4.78 is 30.8. The minimum Gasteiger partial charge on any atom is -0.491 e. The van der Waals surface area contributed by atoms with Gasteiger partial charge in [0.2, 0.25) is 11.9 Å². The largest absolute Gasteiger partial charge is 0.491 e. The number of benzene rings is 2. The van der Waals surface area contributed by atoms with E-state index in [0.29, 0.717) is 62.4 Å². The summed E-state index contributed by atoms with van der Waals surface area (Å²) in [6, 6.07) is 14.0. The van der Waals surface area contributed by atoms with Gasteiger partial charge >= 0.3 is 0 Å². The number of amides is 1. The Hall–Kier alpha value is -4.35. The molecular weight excluding hydrogens is 479 g/mol. The van der Waals surface area contributed by atoms with Crippen LogP contribution in [0, 0.1) is 5.82 Å². The summed E-state index contributed by atoms with van der Waals surface area (Å²) in [6.45, 7) is 9.74. The van der Waals surface area contributed by atoms with E-state index in [0.717, 1.165) is 6.20 Å². The number of ether oxygens (including phenoxy) is 3. The number of hydrogen-bond acceptors (Lipinski definition) is 9. The Labute approximate surface area is 214 Å². The van der Waals surface area contributed by atoms with Gasteiger partial charge in [-0.2, -0.15) is 4.98 Å². The number of aliphatic imine (C=N–C) groups is 1. The van der Waals surface area contributed by atoms with Gasteiger partial charge in [0, 0.05) is 17.1 Å². The van der Waals surface area contributed by atoms with Crippen molar-refractivity contribution in [1.29, 1.82) is 0 Å². The monoisotopic (exact) mass is 508 g/mol. The zero-order chi connectivity index (χ0) is 26.3. The molecule has 0 spiro atoms. The molecule has 3 rings (SSSR count). The van der Waals surface area contributed by atoms with Crippen LogP contribution in [-0.2, 0) is 14.3 Å². The minimum atomic E-state index is -0.627. The third kappa shape index (κ3) is 9.67. The third-order valence-corrected chi connectivity index (χ3v) is 4.69. The number of hydrogen-bond donors (Lipinski definition) is 3. The normalized spacial score (nSPS) is 10.4. The van der Waals surface area contributed by atoms with Crippen molar-refractivity contribution >= 4 is 41.5 Å². The fraction of sp³-hybridized carbons (Fsp3) is 0.231. The summed E-state index contributed by atoms with van der Waals surface area (Å²) in [5.74, 6) is -0.119. The van der Waals surface area contributed by atoms with Crippen LogP contribution in [0.5, 0.6) is 5.75 Å². The molecule has 0 aliphatic rings. The first-order valence-corrected chi connectivity index (χ1v) is 11.5. The van der Waals surface area contributed by atoms with Crippen LogP contribution in [0.3, 0.4) is 0 Å². The second-order valence-electron chi connectivity index (χ2n) is 7.46. The molecule has 1 aromatic heterocycles. The molecule has 10 nitrogen and oxygen atoms in total. The highest BCUT2D eigenvalue weighted by atomic mass is 19.1. The molecule has 0 radical (unpaired) electrons. The van der Waals surface area contributed by atoms with Gasteiger partial charge in [0.05, 0.1) is 39.2 Å². The second-order valence-corrected chi connectivity index (χ2v) is 7.46. The highest BCUT2D eigenvalue weighted by Crippen LogP contribution is 2.23. The molecule has 11 heteroatoms. The van der Waals surface area contributed by atoms with E-state index >= 15 is 0 Å². The molecule has 0 aliphatic carbocycles. The van der Waals surface area contributed by atoms with Crippen LogP contribution in [0.4, 0.5) is 33.2 Å². The Morgan fingerprint density at radius 1 is 0.973 bits per heavy atom. The van der Waals surface area contributed by atoms with Crippen LogP contribution in [-0.4, -0.2) is 62.2 Å². The van der Waals surface area contributed by atoms with Crippen molar-refractivity contribution in [1.82, 2.24) is 9.97 Å². The predicted molar refractivity (Wildman–Crippen MR) is 142 cm³/mol. The number of nitrogens with one attached hydrogen (secondary N) is 3. The SMILES string of the molecule is C=CC(=O)Nc1cccc(Nc2nc(Nc3ccc(OCCOCCOCCN=C)cc3)ncc2F)c1. The summed E-state index contributed by atoms with van der Waals surface area (Å²) in [5, 5.41) is 8.58. The smallest absolute Gasteiger partial charge is 0.247 e. The van der Waals surface area contributed by atoms with Crippen molar-refractivity contribution in [2.75, 3.05) is 55.5 Å². The maximum Gasteiger partial charge on any atom is 0.247 e. The molecule has 0 atom stereocenters. The molecule has 0 aliphatic heterocycles. The maximum atomic E-state index is 14.3. The van der Waals surface area contributed by atoms with E-state index < -0.39 is 5.82 Å². The number of anilines is 5. The molecule has 0 unspecified atom stereocenters. The van der Waals surface area contributed by atoms with Gasteiger partial charge in [-0.3, -0.25) is 9.79 Å². The fourth-order valence-corrected chi connectivity index (χ4v) is 2.95. The molecule has 194 valence electrons. The maximum absolute atomic E-state index is 14.3. The quantitative estimate of drug-likeness (QED) is 0.149. The minimum absolute atomic E-state index is 0.0209. The van der Waals surface area contributed by atoms with E-state index in [9.17, 15) is 9.18 Å². The van der Waals surface area contributed by atoms with Gasteiger partial charge in [-0.05, 0) is 55.3 Å². The Kier molecular flexibility index (Phi) is 11.0. The van der Waals surface area contributed by atoms with Crippen LogP contribution in [0.2, 0.25) is 0 Å². The predicted octanol–water partition coefficient (Wildman–Crippen LogP) is 4.34. The molecule has 3 N–H and O–H groups in total. The first-order valence-electron chi connectivity index (χ1n) is 11.5. The van der Waals surface area contributed by atoms with Gasteiger partial charge in [-0.1, -0.05) is 12.6 Å². The van der Waals surface area contributed by atoms with Crippen molar-refractivity contribution in [3.63, 3.8) is 0 Å². The van der Waals surface area contributed by atoms with Crippen molar-refractivity contribution in [2.45, 2.75) is 0 Å². The molecule has 1 amide bonds. The number of carbonyl (C=O) groups excluding carboxylic acids is 1. The van der Waals surface area contributed by atoms with Crippen LogP contribution in [0.15, 0.2) is 72.4 Å². The Bertz CT molecular complexity index is 1180. The Morgan fingerprint density at radius 2 is 1.70 bits per heavy atom. The van der Waals surface area contributed by atoms with Gasteiger partial charge in [0.25, 0.3) is 0 Å². The first-order chi connectivity index (χ1) is 18.1. The molecular formula is C26H29FN6O4. The summed E-state index contributed by atoms with van der Waals surface area (Å²) in [4.78, 5) is 23.4. The summed E-state index contributed by atoms with van der Waals surface area (Å²) in [6.07, 6.45) is 2.23. The summed E-state index contributed by atoms with van der Waals surface area (Å²) in [5.41, 5.74) is 1.76. The average Bonchev–Trinajstić information content (AvgIpc) is 2.90. The van der Waals surface area contributed by atoms with E-state index in [1.165, 1.54) is 6.08 Å². The van der Waals surface area contributed by atoms with Crippen LogP contribution in [0.25, 0.3) is 0 Å². The molecule has 0 saturated heterocycles. The van der Waals surface area contributed by atoms with Gasteiger partial charge in [-0.25, -0.2) is 9.37 Å². The lowest BCUT2D eigenvalue weighted by Gasteiger charge is -2.11. The molecule has 37 heavy (non-hydrogen) atoms. The molecule has 0 bridgehead atoms. The van der Waals surface area contributed by atoms with Crippen molar-refractivity contribution < 1.29 is 23.4 Å². The molecule has 2 aromatic carbocycles. The van der Waals surface area contributed by atoms with Gasteiger partial charge in [-0.15, -0.1) is 0 Å². The zero-order valence-corrected chi connectivity index (χ0v) is 20.3. The molecule has 0 saturated carbocycles. The lowest BCUT2D eigenvalue weighted by molar-refractivity contribution is -0.111. The lowest BCUT2D eigenvalue weighted by atomic mass is 10.2. The van der Waals surface area contributed by atoms with E-state index in [1.807, 2.05) is 0 Å².